The fourth-order valence-corrected chi connectivity index (χ4v) is 10.7. The lowest BCUT2D eigenvalue weighted by atomic mass is 9.37. The molecule has 6 fully saturated rings. The predicted molar refractivity (Wildman–Crippen MR) is 152 cm³/mol. The Hall–Kier alpha value is -2.47. The van der Waals surface area contributed by atoms with Crippen molar-refractivity contribution in [3.63, 3.8) is 0 Å². The molecule has 0 unspecified atom stereocenters. The molecule has 4 saturated heterocycles. The molecule has 0 amide bonds. The van der Waals surface area contributed by atoms with E-state index in [4.69, 9.17) is 28.1 Å². The van der Waals surface area contributed by atoms with E-state index in [1.165, 1.54) is 12.5 Å². The van der Waals surface area contributed by atoms with Crippen LogP contribution in [0.25, 0.3) is 0 Å². The van der Waals surface area contributed by atoms with Crippen molar-refractivity contribution in [1.29, 1.82) is 0 Å². The number of carbonyl (C=O) groups excluding carboxylic acids is 2. The zero-order valence-corrected chi connectivity index (χ0v) is 26.5. The Morgan fingerprint density at radius 3 is 2.40 bits per heavy atom. The summed E-state index contributed by atoms with van der Waals surface area (Å²) >= 11 is 0. The van der Waals surface area contributed by atoms with Gasteiger partial charge in [-0.25, -0.2) is 4.79 Å². The van der Waals surface area contributed by atoms with Gasteiger partial charge in [0.15, 0.2) is 18.2 Å². The molecule has 0 aromatic carbocycles. The molecule has 5 heterocycles. The van der Waals surface area contributed by atoms with Gasteiger partial charge in [-0.3, -0.25) is 9.59 Å². The number of carboxylic acid groups (broad SMARTS) is 1. The van der Waals surface area contributed by atoms with Gasteiger partial charge in [-0.2, -0.15) is 0 Å². The molecule has 2 saturated carbocycles. The third kappa shape index (κ3) is 4.03. The maximum absolute atomic E-state index is 14.8. The summed E-state index contributed by atoms with van der Waals surface area (Å²) < 4.78 is 35.8. The first-order valence-electron chi connectivity index (χ1n) is 16.0. The van der Waals surface area contributed by atoms with Crippen molar-refractivity contribution in [2.45, 2.75) is 113 Å². The van der Waals surface area contributed by atoms with Crippen LogP contribution in [0.4, 0.5) is 0 Å². The van der Waals surface area contributed by atoms with Crippen molar-refractivity contribution in [3.05, 3.63) is 24.2 Å². The van der Waals surface area contributed by atoms with E-state index in [9.17, 15) is 45.0 Å². The number of cyclic esters (lactones) is 1. The van der Waals surface area contributed by atoms with Gasteiger partial charge in [-0.05, 0) is 45.6 Å². The molecule has 15 heteroatoms. The van der Waals surface area contributed by atoms with E-state index in [1.807, 2.05) is 0 Å². The summed E-state index contributed by atoms with van der Waals surface area (Å²) in [4.78, 5) is 40.2. The first kappa shape index (κ1) is 33.0. The van der Waals surface area contributed by atoms with Crippen LogP contribution in [0, 0.1) is 28.1 Å². The minimum absolute atomic E-state index is 0.0984. The maximum Gasteiger partial charge on any atom is 0.335 e. The Morgan fingerprint density at radius 1 is 1.06 bits per heavy atom. The van der Waals surface area contributed by atoms with Crippen LogP contribution in [0.1, 0.15) is 58.6 Å². The molecule has 6 N–H and O–H groups in total. The lowest BCUT2D eigenvalue weighted by molar-refractivity contribution is -0.329. The van der Waals surface area contributed by atoms with Gasteiger partial charge < -0.3 is 58.7 Å². The van der Waals surface area contributed by atoms with Gasteiger partial charge in [0, 0.05) is 22.3 Å². The molecule has 1 aromatic heterocycles. The Balaban J connectivity index is 1.38. The van der Waals surface area contributed by atoms with Crippen LogP contribution in [0.15, 0.2) is 23.0 Å². The number of rotatable bonds is 6. The Morgan fingerprint density at radius 2 is 1.79 bits per heavy atom. The Kier molecular flexibility index (Phi) is 7.39. The summed E-state index contributed by atoms with van der Waals surface area (Å²) in [5.74, 6) is -3.86. The second-order valence-corrected chi connectivity index (χ2v) is 15.0. The van der Waals surface area contributed by atoms with E-state index in [0.29, 0.717) is 5.56 Å². The fourth-order valence-electron chi connectivity index (χ4n) is 10.7. The highest BCUT2D eigenvalue weighted by Gasteiger charge is 2.89. The molecule has 260 valence electrons. The largest absolute Gasteiger partial charge is 0.479 e. The lowest BCUT2D eigenvalue weighted by Crippen LogP contribution is -2.75. The van der Waals surface area contributed by atoms with Crippen molar-refractivity contribution in [3.8, 4) is 0 Å². The van der Waals surface area contributed by atoms with Gasteiger partial charge in [0.25, 0.3) is 0 Å². The summed E-state index contributed by atoms with van der Waals surface area (Å²) in [6.45, 7) is 6.00. The number of aliphatic hydroxyl groups is 5. The predicted octanol–water partition coefficient (Wildman–Crippen LogP) is -0.547. The summed E-state index contributed by atoms with van der Waals surface area (Å²) in [6.07, 6.45) is -10.1. The van der Waals surface area contributed by atoms with E-state index >= 15 is 0 Å². The number of aliphatic carboxylic acids is 1. The van der Waals surface area contributed by atoms with E-state index < -0.39 is 119 Å². The van der Waals surface area contributed by atoms with Gasteiger partial charge in [-0.15, -0.1) is 0 Å². The van der Waals surface area contributed by atoms with Crippen molar-refractivity contribution >= 4 is 17.7 Å². The Labute approximate surface area is 269 Å². The molecular formula is C32H42O15. The number of carboxylic acids is 1. The minimum Gasteiger partial charge on any atom is -0.479 e. The minimum atomic E-state index is -1.82. The zero-order valence-electron chi connectivity index (χ0n) is 26.5. The van der Waals surface area contributed by atoms with Crippen LogP contribution in [0.3, 0.4) is 0 Å². The molecule has 0 bridgehead atoms. The summed E-state index contributed by atoms with van der Waals surface area (Å²) in [7, 11) is 0. The van der Waals surface area contributed by atoms with Crippen LogP contribution in [-0.2, 0) is 38.1 Å². The number of ether oxygens (including phenoxy) is 5. The molecule has 4 aliphatic heterocycles. The molecule has 6 aliphatic rings. The van der Waals surface area contributed by atoms with Gasteiger partial charge >= 0.3 is 11.9 Å². The SMILES string of the molecule is CC1(C)O[C@H]2CC(=O)OC[C@@]23[C@@H]1[C@H](O)C(=O)[C@]1(C)[C@@H]3CC[C@@](C)([C@@H](O[C@@H]2O[C@H](CO)[C@@H](O)[C@H](O)[C@H]2O)c2ccoc2)[C@@]12O[C@@H]2C(=O)O. The van der Waals surface area contributed by atoms with Gasteiger partial charge in [-0.1, -0.05) is 6.92 Å². The molecule has 47 heavy (non-hydrogen) atoms. The third-order valence-electron chi connectivity index (χ3n) is 12.6. The number of aliphatic hydroxyl groups excluding tert-OH is 5. The number of Topliss-reactive ketones (excluding diaryl/α,β-unsaturated/α-hetero) is 1. The molecule has 2 spiro atoms. The number of furan rings is 1. The highest BCUT2D eigenvalue weighted by atomic mass is 16.7. The van der Waals surface area contributed by atoms with Crippen LogP contribution in [-0.4, -0.2) is 122 Å². The number of epoxide rings is 1. The molecule has 2 aliphatic carbocycles. The number of carbonyl (C=O) groups is 3. The van der Waals surface area contributed by atoms with Gasteiger partial charge in [0.2, 0.25) is 0 Å². The van der Waals surface area contributed by atoms with E-state index in [1.54, 1.807) is 33.8 Å². The number of hydrogen-bond acceptors (Lipinski definition) is 14. The third-order valence-corrected chi connectivity index (χ3v) is 12.6. The van der Waals surface area contributed by atoms with E-state index in [2.05, 4.69) is 0 Å². The maximum atomic E-state index is 14.8. The zero-order chi connectivity index (χ0) is 34.1. The average Bonchev–Trinajstić information content (AvgIpc) is 3.48. The topological polar surface area (TPSA) is 235 Å². The molecule has 1 aromatic rings. The number of ketones is 1. The number of esters is 1. The van der Waals surface area contributed by atoms with Crippen LogP contribution >= 0.6 is 0 Å². The molecule has 15 atom stereocenters. The van der Waals surface area contributed by atoms with Crippen LogP contribution in [0.2, 0.25) is 0 Å². The average molecular weight is 667 g/mol. The second kappa shape index (κ2) is 10.5. The van der Waals surface area contributed by atoms with Crippen LogP contribution < -0.4 is 0 Å². The van der Waals surface area contributed by atoms with Crippen molar-refractivity contribution in [1.82, 2.24) is 0 Å². The standard InChI is InChI=1S/C32H42O15/c1-28(2)22-21(38)23(39)30(4)15(31(22)12-43-17(34)9-16(31)46-28)5-7-29(3,32(30)25(47-32)26(40)41)24(13-6-8-42-11-13)45-27-20(37)19(36)18(35)14(10-33)44-27/h6,8,11,14-16,18-22,24-25,27,33,35-38H,5,7,9-10,12H2,1-4H3,(H,40,41)/t14-,15+,16+,18-,19+,20-,21+,22-,24+,25-,27+,29+,30+,31+,32-/m1/s1. The second-order valence-electron chi connectivity index (χ2n) is 15.0. The molecule has 7 rings (SSSR count). The highest BCUT2D eigenvalue weighted by Crippen LogP contribution is 2.78. The van der Waals surface area contributed by atoms with E-state index in [-0.39, 0.29) is 25.9 Å². The lowest BCUT2D eigenvalue weighted by Gasteiger charge is -2.65. The summed E-state index contributed by atoms with van der Waals surface area (Å²) in [5.41, 5.74) is -6.61. The van der Waals surface area contributed by atoms with E-state index in [0.717, 1.165) is 0 Å². The van der Waals surface area contributed by atoms with Crippen molar-refractivity contribution in [2.24, 2.45) is 28.1 Å². The van der Waals surface area contributed by atoms with Crippen LogP contribution in [0.5, 0.6) is 0 Å². The highest BCUT2D eigenvalue weighted by molar-refractivity contribution is 5.95. The molecule has 0 radical (unpaired) electrons. The molecule has 15 nitrogen and oxygen atoms in total. The smallest absolute Gasteiger partial charge is 0.335 e. The first-order valence-corrected chi connectivity index (χ1v) is 16.0. The normalized spacial score (nSPS) is 50.7. The first-order chi connectivity index (χ1) is 22.0. The fraction of sp³-hybridized carbons (Fsp3) is 0.781. The Bertz CT molecular complexity index is 1440. The van der Waals surface area contributed by atoms with Gasteiger partial charge in [0.1, 0.15) is 42.7 Å². The summed E-state index contributed by atoms with van der Waals surface area (Å²) in [5, 5.41) is 64.0. The quantitative estimate of drug-likeness (QED) is 0.165. The van der Waals surface area contributed by atoms with Gasteiger partial charge in [0.05, 0.1) is 48.8 Å². The monoisotopic (exact) mass is 666 g/mol. The number of fused-ring (bicyclic) bond motifs is 2. The molecular weight excluding hydrogens is 624 g/mol. The van der Waals surface area contributed by atoms with Crippen molar-refractivity contribution < 1.29 is 73.1 Å². The van der Waals surface area contributed by atoms with Crippen molar-refractivity contribution in [2.75, 3.05) is 13.2 Å². The number of hydrogen-bond donors (Lipinski definition) is 6. The summed E-state index contributed by atoms with van der Waals surface area (Å²) in [6, 6.07) is 1.57.